The second-order valence-electron chi connectivity index (χ2n) is 7.95. The van der Waals surface area contributed by atoms with Gasteiger partial charge in [-0.3, -0.25) is 14.4 Å². The molecule has 22 heteroatoms. The fourth-order valence-corrected chi connectivity index (χ4v) is 5.74. The molecular formula is C24H20Cl2K2N8O8S2. The minimum Gasteiger partial charge on any atom is -1.00 e. The predicted octanol–water partition coefficient (Wildman–Crippen LogP) is -3.47. The number of ether oxygens (including phenoxy) is 1. The van der Waals surface area contributed by atoms with Crippen molar-refractivity contribution >= 4 is 81.2 Å². The van der Waals surface area contributed by atoms with Crippen LogP contribution in [0.15, 0.2) is 29.6 Å². The monoisotopic (exact) mass is 760 g/mol. The van der Waals surface area contributed by atoms with Gasteiger partial charge in [0.1, 0.15) is 11.1 Å². The Morgan fingerprint density at radius 1 is 1.04 bits per heavy atom. The molecule has 1 amide bonds. The number of thiazole rings is 2. The summed E-state index contributed by atoms with van der Waals surface area (Å²) < 4.78 is 5.27. The summed E-state index contributed by atoms with van der Waals surface area (Å²) >= 11 is 14.0. The number of aromatic nitrogens is 7. The van der Waals surface area contributed by atoms with Gasteiger partial charge in [-0.2, -0.15) is 0 Å². The van der Waals surface area contributed by atoms with E-state index in [1.165, 1.54) is 43.2 Å². The molecule has 3 N–H and O–H groups in total. The van der Waals surface area contributed by atoms with Gasteiger partial charge < -0.3 is 31.7 Å². The molecule has 0 aromatic carbocycles. The summed E-state index contributed by atoms with van der Waals surface area (Å²) in [6.07, 6.45) is 5.68. The smallest absolute Gasteiger partial charge is 1.00 e. The molecule has 16 nitrogen and oxygen atoms in total. The molecule has 0 saturated carbocycles. The van der Waals surface area contributed by atoms with Gasteiger partial charge in [0.05, 0.1) is 29.8 Å². The molecule has 5 aromatic heterocycles. The average Bonchev–Trinajstić information content (AvgIpc) is 3.50. The molecular weight excluding hydrogens is 742 g/mol. The van der Waals surface area contributed by atoms with Crippen molar-refractivity contribution in [3.05, 3.63) is 66.0 Å². The Kier molecular flexibility index (Phi) is 19.4. The molecule has 46 heavy (non-hydrogen) atoms. The van der Waals surface area contributed by atoms with Gasteiger partial charge in [0.2, 0.25) is 5.91 Å². The molecule has 5 rings (SSSR count). The Bertz CT molecular complexity index is 1880. The first-order chi connectivity index (χ1) is 21.0. The maximum Gasteiger partial charge on any atom is 1.00 e. The molecule has 5 aromatic rings. The number of amides is 1. The molecule has 0 fully saturated rings. The quantitative estimate of drug-likeness (QED) is 0.0502. The maximum atomic E-state index is 12.1. The summed E-state index contributed by atoms with van der Waals surface area (Å²) in [5, 5.41) is 21.2. The molecule has 0 atom stereocenters. The van der Waals surface area contributed by atoms with Crippen molar-refractivity contribution in [3.63, 3.8) is 0 Å². The topological polar surface area (TPSA) is 235 Å². The Labute approximate surface area is 364 Å². The van der Waals surface area contributed by atoms with Crippen LogP contribution in [0, 0.1) is 13.8 Å². The van der Waals surface area contributed by atoms with Gasteiger partial charge in [-0.1, -0.05) is 23.2 Å². The Balaban J connectivity index is 0.000000766. The predicted molar refractivity (Wildman–Crippen MR) is 159 cm³/mol. The molecule has 232 valence electrons. The second kappa shape index (κ2) is 20.9. The number of esters is 1. The Hall–Kier alpha value is -1.35. The summed E-state index contributed by atoms with van der Waals surface area (Å²) in [5.74, 6) is -1.17. The van der Waals surface area contributed by atoms with Gasteiger partial charge in [-0.05, 0) is 13.8 Å². The summed E-state index contributed by atoms with van der Waals surface area (Å²) in [4.78, 5) is 74.5. The first-order valence-corrected chi connectivity index (χ1v) is 14.1. The number of methoxy groups -OCH3 is 1. The van der Waals surface area contributed by atoms with Crippen LogP contribution in [0.1, 0.15) is 28.2 Å². The summed E-state index contributed by atoms with van der Waals surface area (Å²) in [5.41, 5.74) is 1.38. The van der Waals surface area contributed by atoms with E-state index in [0.29, 0.717) is 25.2 Å². The molecule has 0 saturated heterocycles. The number of aromatic hydroxyl groups is 1. The van der Waals surface area contributed by atoms with Crippen LogP contribution in [0.5, 0.6) is 5.75 Å². The molecule has 0 bridgehead atoms. The van der Waals surface area contributed by atoms with Crippen LogP contribution in [0.25, 0.3) is 21.6 Å². The SMILES string of the molecule is COC(=O)c1nccnc1NC(=O)Cc1sc(Cl)nc1C.Cc1nc(Cl)sc1-c1c(O)c2nccnc2[nH]c1=O.O=CO[O-].[H-].[K+].[K+]. The Morgan fingerprint density at radius 2 is 1.63 bits per heavy atom. The van der Waals surface area contributed by atoms with Crippen molar-refractivity contribution in [1.29, 1.82) is 0 Å². The number of anilines is 1. The van der Waals surface area contributed by atoms with E-state index in [2.05, 4.69) is 49.8 Å². The zero-order valence-corrected chi connectivity index (χ0v) is 34.0. The van der Waals surface area contributed by atoms with E-state index < -0.39 is 11.5 Å². The number of aryl methyl sites for hydroxylation is 2. The van der Waals surface area contributed by atoms with Crippen molar-refractivity contribution < 1.29 is 139 Å². The van der Waals surface area contributed by atoms with Crippen LogP contribution < -0.4 is 119 Å². The van der Waals surface area contributed by atoms with Crippen LogP contribution in [0.2, 0.25) is 8.93 Å². The van der Waals surface area contributed by atoms with Gasteiger partial charge in [0.25, 0.3) is 12.0 Å². The number of carbonyl (C=O) groups excluding carboxylic acids is 3. The van der Waals surface area contributed by atoms with E-state index in [1.807, 2.05) is 0 Å². The van der Waals surface area contributed by atoms with E-state index in [9.17, 15) is 19.5 Å². The normalized spacial score (nSPS) is 9.70. The van der Waals surface area contributed by atoms with Crippen molar-refractivity contribution in [2.75, 3.05) is 12.4 Å². The standard InChI is InChI=1S/C12H11ClN4O3S.C11H7ClN4O2S.CH2O3.2K.H/c1-6-7(21-12(13)16-6)5-8(18)17-10-9(11(19)20-2)14-3-4-15-10;1-4-8(19-11(12)15-4)5-7(17)6-9(16-10(5)18)14-3-2-13-6;2-1-4-3;;;/h3-4H,5H2,1-2H3,(H,15,17,18);2-3H,1H3,(H2,14,16,17,18);1,3H;;;/q;;;2*+1;-1/p-1. The molecule has 0 aliphatic heterocycles. The number of carbonyl (C=O) groups is 3. The summed E-state index contributed by atoms with van der Waals surface area (Å²) in [6.45, 7) is 3.31. The molecule has 5 heterocycles. The van der Waals surface area contributed by atoms with Crippen LogP contribution in [0.3, 0.4) is 0 Å². The third-order valence-corrected chi connectivity index (χ3v) is 7.72. The molecule has 0 spiro atoms. The van der Waals surface area contributed by atoms with Gasteiger partial charge >= 0.3 is 109 Å². The van der Waals surface area contributed by atoms with E-state index in [0.717, 1.165) is 16.2 Å². The zero-order valence-electron chi connectivity index (χ0n) is 25.7. The first kappa shape index (κ1) is 42.7. The van der Waals surface area contributed by atoms with Crippen LogP contribution in [-0.4, -0.2) is 65.5 Å². The number of halogens is 2. The number of nitrogens with zero attached hydrogens (tertiary/aromatic N) is 6. The van der Waals surface area contributed by atoms with Gasteiger partial charge in [-0.25, -0.2) is 34.7 Å². The van der Waals surface area contributed by atoms with Crippen molar-refractivity contribution in [3.8, 4) is 16.2 Å². The molecule has 0 aliphatic carbocycles. The van der Waals surface area contributed by atoms with Crippen molar-refractivity contribution in [2.45, 2.75) is 20.3 Å². The third kappa shape index (κ3) is 11.7. The van der Waals surface area contributed by atoms with E-state index in [4.69, 9.17) is 33.3 Å². The van der Waals surface area contributed by atoms with Crippen molar-refractivity contribution in [1.82, 2.24) is 34.9 Å². The molecule has 0 aliphatic rings. The number of rotatable bonds is 6. The van der Waals surface area contributed by atoms with Crippen LogP contribution >= 0.6 is 45.9 Å². The number of hydrogen-bond acceptors (Lipinski definition) is 16. The van der Waals surface area contributed by atoms with E-state index in [1.54, 1.807) is 13.8 Å². The van der Waals surface area contributed by atoms with Crippen LogP contribution in [0.4, 0.5) is 5.82 Å². The van der Waals surface area contributed by atoms with Gasteiger partial charge in [0.15, 0.2) is 31.8 Å². The second-order valence-corrected chi connectivity index (χ2v) is 11.2. The Morgan fingerprint density at radius 3 is 2.20 bits per heavy atom. The minimum atomic E-state index is -0.671. The summed E-state index contributed by atoms with van der Waals surface area (Å²) in [6, 6.07) is 0. The summed E-state index contributed by atoms with van der Waals surface area (Å²) in [7, 11) is 1.23. The van der Waals surface area contributed by atoms with Gasteiger partial charge in [0, 0.05) is 29.7 Å². The van der Waals surface area contributed by atoms with E-state index >= 15 is 0 Å². The third-order valence-electron chi connectivity index (χ3n) is 5.18. The zero-order chi connectivity index (χ0) is 32.4. The maximum absolute atomic E-state index is 12.1. The fraction of sp³-hybridized carbons (Fsp3) is 0.167. The largest absolute Gasteiger partial charge is 1.00 e. The first-order valence-electron chi connectivity index (χ1n) is 11.7. The number of fused-ring (bicyclic) bond motifs is 1. The number of aromatic amines is 1. The van der Waals surface area contributed by atoms with E-state index in [-0.39, 0.29) is 157 Å². The number of H-pyrrole nitrogens is 1. The number of pyridine rings is 1. The van der Waals surface area contributed by atoms with Crippen LogP contribution in [-0.2, 0) is 25.6 Å². The number of nitrogens with one attached hydrogen (secondary N) is 2. The van der Waals surface area contributed by atoms with Crippen molar-refractivity contribution in [2.24, 2.45) is 0 Å². The fourth-order valence-electron chi connectivity index (χ4n) is 3.36. The molecule has 0 radical (unpaired) electrons. The number of hydrogen-bond donors (Lipinski definition) is 3. The average molecular weight is 762 g/mol. The molecule has 0 unspecified atom stereocenters. The van der Waals surface area contributed by atoms with Gasteiger partial charge in [-0.15, -0.1) is 22.7 Å². The minimum absolute atomic E-state index is 0.